The lowest BCUT2D eigenvalue weighted by Gasteiger charge is -2.12. The number of sulfonamides is 1. The monoisotopic (exact) mass is 370 g/mol. The Morgan fingerprint density at radius 1 is 1.12 bits per heavy atom. The van der Waals surface area contributed by atoms with Crippen LogP contribution in [0.3, 0.4) is 0 Å². The van der Waals surface area contributed by atoms with E-state index in [1.54, 1.807) is 14.1 Å². The molecule has 9 heteroatoms. The van der Waals surface area contributed by atoms with Crippen molar-refractivity contribution < 1.29 is 26.7 Å². The van der Waals surface area contributed by atoms with Crippen molar-refractivity contribution in [2.45, 2.75) is 4.90 Å². The summed E-state index contributed by atoms with van der Waals surface area (Å²) in [7, 11) is -1.01. The Morgan fingerprint density at radius 2 is 1.76 bits per heavy atom. The van der Waals surface area contributed by atoms with Gasteiger partial charge in [0.15, 0.2) is 6.61 Å². The molecule has 1 N–H and O–H groups in total. The number of nitrogens with one attached hydrogen (secondary N) is 1. The predicted octanol–water partition coefficient (Wildman–Crippen LogP) is 2.23. The first kappa shape index (κ1) is 18.7. The van der Waals surface area contributed by atoms with Crippen molar-refractivity contribution in [1.82, 2.24) is 4.90 Å². The third kappa shape index (κ3) is 4.90. The van der Waals surface area contributed by atoms with Crippen LogP contribution in [0.15, 0.2) is 47.4 Å². The van der Waals surface area contributed by atoms with E-state index in [-0.39, 0.29) is 18.2 Å². The molecule has 0 unspecified atom stereocenters. The molecule has 6 nitrogen and oxygen atoms in total. The molecule has 0 spiro atoms. The fraction of sp³-hybridized carbons (Fsp3) is 0.188. The number of anilines is 1. The van der Waals surface area contributed by atoms with Crippen molar-refractivity contribution in [3.05, 3.63) is 54.1 Å². The first-order valence-electron chi connectivity index (χ1n) is 7.10. The molecule has 134 valence electrons. The van der Waals surface area contributed by atoms with Crippen LogP contribution in [-0.4, -0.2) is 39.9 Å². The molecule has 1 amide bonds. The highest BCUT2D eigenvalue weighted by Crippen LogP contribution is 2.21. The molecule has 0 radical (unpaired) electrons. The zero-order chi connectivity index (χ0) is 18.6. The van der Waals surface area contributed by atoms with Gasteiger partial charge in [-0.1, -0.05) is 0 Å². The van der Waals surface area contributed by atoms with Crippen molar-refractivity contribution in [2.75, 3.05) is 25.4 Å². The average Bonchev–Trinajstić information content (AvgIpc) is 2.53. The van der Waals surface area contributed by atoms with Crippen LogP contribution < -0.4 is 9.46 Å². The van der Waals surface area contributed by atoms with Gasteiger partial charge >= 0.3 is 0 Å². The lowest BCUT2D eigenvalue weighted by molar-refractivity contribution is -0.130. The number of hydrogen-bond donors (Lipinski definition) is 1. The molecule has 2 rings (SSSR count). The molecule has 0 saturated carbocycles. The van der Waals surface area contributed by atoms with E-state index < -0.39 is 26.6 Å². The predicted molar refractivity (Wildman–Crippen MR) is 87.8 cm³/mol. The van der Waals surface area contributed by atoms with Crippen LogP contribution >= 0.6 is 0 Å². The average molecular weight is 370 g/mol. The molecule has 0 heterocycles. The lowest BCUT2D eigenvalue weighted by Crippen LogP contribution is -2.27. The van der Waals surface area contributed by atoms with Crippen LogP contribution in [0.5, 0.6) is 5.75 Å². The molecule has 0 aromatic heterocycles. The van der Waals surface area contributed by atoms with Gasteiger partial charge in [-0.25, -0.2) is 17.2 Å². The van der Waals surface area contributed by atoms with Gasteiger partial charge < -0.3 is 9.64 Å². The summed E-state index contributed by atoms with van der Waals surface area (Å²) in [5.74, 6) is -1.91. The van der Waals surface area contributed by atoms with E-state index in [0.29, 0.717) is 11.8 Å². The molecule has 0 aliphatic carbocycles. The summed E-state index contributed by atoms with van der Waals surface area (Å²) in [4.78, 5) is 12.1. The number of nitrogens with zero attached hydrogens (tertiary/aromatic N) is 1. The van der Waals surface area contributed by atoms with Gasteiger partial charge in [0.2, 0.25) is 0 Å². The maximum absolute atomic E-state index is 13.6. The number of amides is 1. The Labute approximate surface area is 144 Å². The maximum atomic E-state index is 13.6. The number of rotatable bonds is 6. The van der Waals surface area contributed by atoms with E-state index in [0.717, 1.165) is 12.1 Å². The minimum Gasteiger partial charge on any atom is -0.484 e. The fourth-order valence-electron chi connectivity index (χ4n) is 1.80. The largest absolute Gasteiger partial charge is 0.484 e. The molecule has 0 aliphatic heterocycles. The quantitative estimate of drug-likeness (QED) is 0.846. The van der Waals surface area contributed by atoms with Gasteiger partial charge in [-0.15, -0.1) is 0 Å². The number of halogens is 2. The summed E-state index contributed by atoms with van der Waals surface area (Å²) in [5.41, 5.74) is 0.162. The molecular formula is C16H16F2N2O4S. The van der Waals surface area contributed by atoms with Crippen molar-refractivity contribution >= 4 is 21.6 Å². The Morgan fingerprint density at radius 3 is 2.32 bits per heavy atom. The maximum Gasteiger partial charge on any atom is 0.264 e. The second-order valence-electron chi connectivity index (χ2n) is 5.28. The smallest absolute Gasteiger partial charge is 0.264 e. The number of carbonyl (C=O) groups is 1. The molecule has 2 aromatic rings. The third-order valence-electron chi connectivity index (χ3n) is 3.15. The molecule has 2 aromatic carbocycles. The van der Waals surface area contributed by atoms with E-state index in [1.165, 1.54) is 29.2 Å². The Bertz CT molecular complexity index is 868. The van der Waals surface area contributed by atoms with Gasteiger partial charge in [0.05, 0.1) is 0 Å². The zero-order valence-electron chi connectivity index (χ0n) is 13.5. The van der Waals surface area contributed by atoms with Gasteiger partial charge in [-0.3, -0.25) is 9.52 Å². The minimum atomic E-state index is -4.20. The van der Waals surface area contributed by atoms with E-state index in [2.05, 4.69) is 4.72 Å². The molecule has 25 heavy (non-hydrogen) atoms. The highest BCUT2D eigenvalue weighted by molar-refractivity contribution is 7.92. The van der Waals surface area contributed by atoms with Crippen LogP contribution in [0.25, 0.3) is 0 Å². The highest BCUT2D eigenvalue weighted by Gasteiger charge is 2.19. The second kappa shape index (κ2) is 7.47. The standard InChI is InChI=1S/C16H16F2N2O4S/c1-20(2)16(21)10-24-13-6-4-12(5-7-13)19-25(22,23)15-8-3-11(17)9-14(15)18/h3-9,19H,10H2,1-2H3. The number of carbonyl (C=O) groups excluding carboxylic acids is 1. The number of hydrogen-bond acceptors (Lipinski definition) is 4. The highest BCUT2D eigenvalue weighted by atomic mass is 32.2. The molecule has 0 saturated heterocycles. The van der Waals surface area contributed by atoms with Crippen molar-refractivity contribution in [1.29, 1.82) is 0 Å². The normalized spacial score (nSPS) is 11.0. The topological polar surface area (TPSA) is 75.7 Å². The molecule has 0 atom stereocenters. The second-order valence-corrected chi connectivity index (χ2v) is 6.93. The van der Waals surface area contributed by atoms with E-state index in [9.17, 15) is 22.0 Å². The van der Waals surface area contributed by atoms with E-state index in [4.69, 9.17) is 4.74 Å². The lowest BCUT2D eigenvalue weighted by atomic mass is 10.3. The summed E-state index contributed by atoms with van der Waals surface area (Å²) in [5, 5.41) is 0. The Balaban J connectivity index is 2.08. The van der Waals surface area contributed by atoms with Crippen molar-refractivity contribution in [3.8, 4) is 5.75 Å². The van der Waals surface area contributed by atoms with Crippen LogP contribution in [0.4, 0.5) is 14.5 Å². The van der Waals surface area contributed by atoms with E-state index in [1.807, 2.05) is 0 Å². The Kier molecular flexibility index (Phi) is 5.58. The molecule has 0 fully saturated rings. The number of likely N-dealkylation sites (N-methyl/N-ethyl adjacent to an activating group) is 1. The zero-order valence-corrected chi connectivity index (χ0v) is 14.3. The van der Waals surface area contributed by atoms with E-state index >= 15 is 0 Å². The van der Waals surface area contributed by atoms with Gasteiger partial charge in [-0.2, -0.15) is 0 Å². The third-order valence-corrected chi connectivity index (χ3v) is 4.57. The summed E-state index contributed by atoms with van der Waals surface area (Å²) >= 11 is 0. The first-order valence-corrected chi connectivity index (χ1v) is 8.58. The minimum absolute atomic E-state index is 0.154. The van der Waals surface area contributed by atoms with Gasteiger partial charge in [0.1, 0.15) is 22.3 Å². The summed E-state index contributed by atoms with van der Waals surface area (Å²) < 4.78 is 58.3. The summed E-state index contributed by atoms with van der Waals surface area (Å²) in [6.07, 6.45) is 0. The van der Waals surface area contributed by atoms with Crippen LogP contribution in [-0.2, 0) is 14.8 Å². The molecule has 0 aliphatic rings. The fourth-order valence-corrected chi connectivity index (χ4v) is 2.92. The van der Waals surface area contributed by atoms with Gasteiger partial charge in [0, 0.05) is 25.8 Å². The Hall–Kier alpha value is -2.68. The van der Waals surface area contributed by atoms with Crippen LogP contribution in [0.2, 0.25) is 0 Å². The number of ether oxygens (including phenoxy) is 1. The van der Waals surface area contributed by atoms with Crippen LogP contribution in [0.1, 0.15) is 0 Å². The molecule has 0 bridgehead atoms. The van der Waals surface area contributed by atoms with Gasteiger partial charge in [-0.05, 0) is 36.4 Å². The SMILES string of the molecule is CN(C)C(=O)COc1ccc(NS(=O)(=O)c2ccc(F)cc2F)cc1. The van der Waals surface area contributed by atoms with Crippen LogP contribution in [0, 0.1) is 11.6 Å². The summed E-state index contributed by atoms with van der Waals surface area (Å²) in [6, 6.07) is 7.91. The van der Waals surface area contributed by atoms with Crippen molar-refractivity contribution in [2.24, 2.45) is 0 Å². The number of benzene rings is 2. The first-order chi connectivity index (χ1) is 11.7. The van der Waals surface area contributed by atoms with Gasteiger partial charge in [0.25, 0.3) is 15.9 Å². The molecular weight excluding hydrogens is 354 g/mol. The summed E-state index contributed by atoms with van der Waals surface area (Å²) in [6.45, 7) is -0.154. The van der Waals surface area contributed by atoms with Crippen molar-refractivity contribution in [3.63, 3.8) is 0 Å².